The van der Waals surface area contributed by atoms with E-state index in [9.17, 15) is 22.8 Å². The van der Waals surface area contributed by atoms with Crippen LogP contribution in [0.15, 0.2) is 35.1 Å². The topological polar surface area (TPSA) is 76.0 Å². The van der Waals surface area contributed by atoms with Gasteiger partial charge in [0.05, 0.1) is 11.3 Å². The van der Waals surface area contributed by atoms with Crippen molar-refractivity contribution < 1.29 is 18.0 Å². The zero-order chi connectivity index (χ0) is 19.3. The average molecular weight is 368 g/mol. The van der Waals surface area contributed by atoms with Gasteiger partial charge in [-0.1, -0.05) is 6.07 Å². The van der Waals surface area contributed by atoms with Crippen LogP contribution in [0.5, 0.6) is 0 Å². The van der Waals surface area contributed by atoms with Crippen LogP contribution in [-0.4, -0.2) is 35.8 Å². The maximum Gasteiger partial charge on any atom is 0.416 e. The van der Waals surface area contributed by atoms with Crippen molar-refractivity contribution in [3.8, 4) is 5.69 Å². The molecule has 6 nitrogen and oxygen atoms in total. The molecule has 0 atom stereocenters. The van der Waals surface area contributed by atoms with E-state index in [2.05, 4.69) is 15.7 Å². The van der Waals surface area contributed by atoms with Crippen molar-refractivity contribution >= 4 is 5.91 Å². The van der Waals surface area contributed by atoms with E-state index >= 15 is 0 Å². The third-order valence-corrected chi connectivity index (χ3v) is 3.63. The summed E-state index contributed by atoms with van der Waals surface area (Å²) in [6.45, 7) is 2.57. The smallest absolute Gasteiger partial charge is 0.350 e. The summed E-state index contributed by atoms with van der Waals surface area (Å²) in [6, 6.07) is 5.70. The zero-order valence-electron chi connectivity index (χ0n) is 14.4. The van der Waals surface area contributed by atoms with E-state index in [4.69, 9.17) is 0 Å². The van der Waals surface area contributed by atoms with E-state index in [1.165, 1.54) is 25.1 Å². The molecule has 0 spiro atoms. The Labute approximate surface area is 148 Å². The van der Waals surface area contributed by atoms with Crippen molar-refractivity contribution in [3.05, 3.63) is 57.5 Å². The fourth-order valence-electron chi connectivity index (χ4n) is 2.33. The second kappa shape index (κ2) is 8.13. The Kier molecular flexibility index (Phi) is 6.14. The lowest BCUT2D eigenvalue weighted by Crippen LogP contribution is -2.33. The molecule has 1 heterocycles. The molecule has 140 valence electrons. The lowest BCUT2D eigenvalue weighted by molar-refractivity contribution is -0.137. The van der Waals surface area contributed by atoms with Gasteiger partial charge in [0.1, 0.15) is 0 Å². The number of amides is 1. The van der Waals surface area contributed by atoms with Gasteiger partial charge in [-0.15, -0.1) is 0 Å². The molecular formula is C17H19F3N4O2. The number of nitrogens with one attached hydrogen (secondary N) is 2. The highest BCUT2D eigenvalue weighted by Crippen LogP contribution is 2.30. The number of carbonyl (C=O) groups is 1. The van der Waals surface area contributed by atoms with E-state index in [-0.39, 0.29) is 11.4 Å². The van der Waals surface area contributed by atoms with Crippen LogP contribution in [0.3, 0.4) is 0 Å². The van der Waals surface area contributed by atoms with Gasteiger partial charge < -0.3 is 10.6 Å². The summed E-state index contributed by atoms with van der Waals surface area (Å²) in [5.74, 6) is -0.660. The predicted molar refractivity (Wildman–Crippen MR) is 90.4 cm³/mol. The standard InChI is InChI=1S/C17H19F3N4O2/c1-11-9-14(25)15(16(26)22-8-4-7-21-2)23-24(11)13-6-3-5-12(10-13)17(18,19)20/h3,5-6,9-10,21H,4,7-8H2,1-2H3,(H,22,26). The molecular weight excluding hydrogens is 349 g/mol. The number of rotatable bonds is 6. The minimum absolute atomic E-state index is 0.113. The minimum Gasteiger partial charge on any atom is -0.350 e. The number of halogens is 3. The molecule has 0 aliphatic rings. The largest absolute Gasteiger partial charge is 0.416 e. The molecule has 2 N–H and O–H groups in total. The van der Waals surface area contributed by atoms with Crippen molar-refractivity contribution in [2.45, 2.75) is 19.5 Å². The van der Waals surface area contributed by atoms with Gasteiger partial charge in [0.25, 0.3) is 5.91 Å². The number of hydrogen-bond donors (Lipinski definition) is 2. The fourth-order valence-corrected chi connectivity index (χ4v) is 2.33. The van der Waals surface area contributed by atoms with Gasteiger partial charge in [-0.3, -0.25) is 9.59 Å². The predicted octanol–water partition coefficient (Wildman–Crippen LogP) is 1.90. The molecule has 9 heteroatoms. The Hall–Kier alpha value is -2.68. The van der Waals surface area contributed by atoms with Gasteiger partial charge in [0.15, 0.2) is 5.69 Å². The summed E-state index contributed by atoms with van der Waals surface area (Å²) >= 11 is 0. The van der Waals surface area contributed by atoms with Crippen LogP contribution >= 0.6 is 0 Å². The summed E-state index contributed by atoms with van der Waals surface area (Å²) in [4.78, 5) is 24.2. The highest BCUT2D eigenvalue weighted by molar-refractivity contribution is 5.92. The first-order valence-electron chi connectivity index (χ1n) is 7.95. The van der Waals surface area contributed by atoms with Gasteiger partial charge in [-0.05, 0) is 45.1 Å². The highest BCUT2D eigenvalue weighted by atomic mass is 19.4. The van der Waals surface area contributed by atoms with E-state index in [0.717, 1.165) is 16.8 Å². The number of nitrogens with zero attached hydrogens (tertiary/aromatic N) is 2. The number of hydrogen-bond acceptors (Lipinski definition) is 4. The highest BCUT2D eigenvalue weighted by Gasteiger charge is 2.30. The van der Waals surface area contributed by atoms with Gasteiger partial charge in [-0.25, -0.2) is 4.68 Å². The molecule has 0 unspecified atom stereocenters. The number of benzene rings is 1. The molecule has 0 fully saturated rings. The molecule has 2 rings (SSSR count). The Morgan fingerprint density at radius 2 is 1.96 bits per heavy atom. The molecule has 0 radical (unpaired) electrons. The molecule has 0 saturated heterocycles. The van der Waals surface area contributed by atoms with E-state index in [1.54, 1.807) is 7.05 Å². The van der Waals surface area contributed by atoms with E-state index in [0.29, 0.717) is 25.2 Å². The van der Waals surface area contributed by atoms with Crippen LogP contribution in [0.25, 0.3) is 5.69 Å². The van der Waals surface area contributed by atoms with Crippen LogP contribution in [-0.2, 0) is 6.18 Å². The first kappa shape index (κ1) is 19.6. The summed E-state index contributed by atoms with van der Waals surface area (Å²) in [5, 5.41) is 9.47. The Morgan fingerprint density at radius 1 is 1.23 bits per heavy atom. The number of alkyl halides is 3. The molecule has 1 aromatic heterocycles. The molecule has 0 aliphatic heterocycles. The lowest BCUT2D eigenvalue weighted by atomic mass is 10.2. The summed E-state index contributed by atoms with van der Waals surface area (Å²) in [6.07, 6.45) is -3.84. The van der Waals surface area contributed by atoms with Crippen LogP contribution < -0.4 is 16.1 Å². The normalized spacial score (nSPS) is 11.4. The van der Waals surface area contributed by atoms with Crippen molar-refractivity contribution in [2.24, 2.45) is 0 Å². The summed E-state index contributed by atoms with van der Waals surface area (Å²) in [5.41, 5.74) is -1.36. The maximum absolute atomic E-state index is 12.9. The summed E-state index contributed by atoms with van der Waals surface area (Å²) < 4.78 is 39.9. The van der Waals surface area contributed by atoms with Gasteiger partial charge in [-0.2, -0.15) is 18.3 Å². The van der Waals surface area contributed by atoms with E-state index < -0.39 is 23.1 Å². The first-order valence-corrected chi connectivity index (χ1v) is 7.95. The second-order valence-electron chi connectivity index (χ2n) is 5.67. The SMILES string of the molecule is CNCCCNC(=O)c1nn(-c2cccc(C(F)(F)F)c2)c(C)cc1=O. The van der Waals surface area contributed by atoms with Gasteiger partial charge in [0, 0.05) is 18.3 Å². The molecule has 1 aromatic carbocycles. The molecule has 26 heavy (non-hydrogen) atoms. The third kappa shape index (κ3) is 4.69. The minimum atomic E-state index is -4.50. The van der Waals surface area contributed by atoms with Crippen molar-refractivity contribution in [2.75, 3.05) is 20.1 Å². The molecule has 0 saturated carbocycles. The average Bonchev–Trinajstić information content (AvgIpc) is 2.58. The van der Waals surface area contributed by atoms with Crippen molar-refractivity contribution in [1.82, 2.24) is 20.4 Å². The third-order valence-electron chi connectivity index (χ3n) is 3.63. The van der Waals surface area contributed by atoms with Gasteiger partial charge >= 0.3 is 6.18 Å². The summed E-state index contributed by atoms with van der Waals surface area (Å²) in [7, 11) is 1.77. The maximum atomic E-state index is 12.9. The van der Waals surface area contributed by atoms with E-state index in [1.807, 2.05) is 0 Å². The van der Waals surface area contributed by atoms with Crippen LogP contribution in [0, 0.1) is 6.92 Å². The van der Waals surface area contributed by atoms with Crippen LogP contribution in [0.1, 0.15) is 28.2 Å². The monoisotopic (exact) mass is 368 g/mol. The Bertz CT molecular complexity index is 847. The second-order valence-corrected chi connectivity index (χ2v) is 5.67. The first-order chi connectivity index (χ1) is 12.2. The Balaban J connectivity index is 2.36. The number of aryl methyl sites for hydroxylation is 1. The molecule has 0 aliphatic carbocycles. The lowest BCUT2D eigenvalue weighted by Gasteiger charge is -2.13. The number of carbonyl (C=O) groups excluding carboxylic acids is 1. The quantitative estimate of drug-likeness (QED) is 0.764. The Morgan fingerprint density at radius 3 is 2.62 bits per heavy atom. The molecule has 0 bridgehead atoms. The van der Waals surface area contributed by atoms with Crippen LogP contribution in [0.4, 0.5) is 13.2 Å². The fraction of sp³-hybridized carbons (Fsp3) is 0.353. The number of aromatic nitrogens is 2. The van der Waals surface area contributed by atoms with Crippen molar-refractivity contribution in [1.29, 1.82) is 0 Å². The van der Waals surface area contributed by atoms with Gasteiger partial charge in [0.2, 0.25) is 5.43 Å². The molecule has 1 amide bonds. The van der Waals surface area contributed by atoms with Crippen molar-refractivity contribution in [3.63, 3.8) is 0 Å². The molecule has 2 aromatic rings. The zero-order valence-corrected chi connectivity index (χ0v) is 14.4. The van der Waals surface area contributed by atoms with Crippen LogP contribution in [0.2, 0.25) is 0 Å².